The number of hydrogen-bond acceptors (Lipinski definition) is 7. The van der Waals surface area contributed by atoms with E-state index in [0.29, 0.717) is 60.2 Å². The third-order valence-electron chi connectivity index (χ3n) is 4.34. The zero-order valence-corrected chi connectivity index (χ0v) is 17.8. The second kappa shape index (κ2) is 8.93. The Labute approximate surface area is 178 Å². The monoisotopic (exact) mass is 454 g/mol. The van der Waals surface area contributed by atoms with E-state index in [1.165, 1.54) is 16.1 Å². The van der Waals surface area contributed by atoms with Gasteiger partial charge >= 0.3 is 0 Å². The highest BCUT2D eigenvalue weighted by Crippen LogP contribution is 2.26. The molecule has 1 aromatic heterocycles. The summed E-state index contributed by atoms with van der Waals surface area (Å²) in [5.74, 6) is 1.24. The van der Waals surface area contributed by atoms with Gasteiger partial charge in [0.05, 0.1) is 24.7 Å². The number of hydrogen-bond donors (Lipinski definition) is 0. The normalized spacial score (nSPS) is 15.6. The molecule has 1 aliphatic rings. The highest BCUT2D eigenvalue weighted by molar-refractivity contribution is 7.99. The molecule has 29 heavy (non-hydrogen) atoms. The van der Waals surface area contributed by atoms with E-state index in [9.17, 15) is 8.42 Å². The molecule has 154 valence electrons. The smallest absolute Gasteiger partial charge is 0.256 e. The van der Waals surface area contributed by atoms with Crippen molar-refractivity contribution in [2.75, 3.05) is 38.7 Å². The minimum Gasteiger partial charge on any atom is -0.493 e. The van der Waals surface area contributed by atoms with Gasteiger partial charge in [-0.2, -0.15) is 4.31 Å². The maximum absolute atomic E-state index is 12.6. The average Bonchev–Trinajstić information content (AvgIpc) is 3.14. The number of rotatable bonds is 7. The van der Waals surface area contributed by atoms with Crippen LogP contribution >= 0.6 is 23.4 Å². The fourth-order valence-electron chi connectivity index (χ4n) is 2.87. The fourth-order valence-corrected chi connectivity index (χ4v) is 5.09. The van der Waals surface area contributed by atoms with Gasteiger partial charge in [0.15, 0.2) is 5.58 Å². The summed E-state index contributed by atoms with van der Waals surface area (Å²) in [7, 11) is -3.49. The second-order valence-electron chi connectivity index (χ2n) is 6.28. The van der Waals surface area contributed by atoms with Crippen molar-refractivity contribution in [3.63, 3.8) is 0 Å². The molecule has 3 aromatic rings. The molecular weight excluding hydrogens is 436 g/mol. The van der Waals surface area contributed by atoms with Crippen LogP contribution in [0.2, 0.25) is 5.02 Å². The van der Waals surface area contributed by atoms with Crippen LogP contribution in [0.1, 0.15) is 0 Å². The van der Waals surface area contributed by atoms with Crippen LogP contribution in [-0.2, 0) is 14.8 Å². The Morgan fingerprint density at radius 2 is 1.90 bits per heavy atom. The number of oxazole rings is 1. The van der Waals surface area contributed by atoms with E-state index in [2.05, 4.69) is 4.98 Å². The number of nitrogens with zero attached hydrogens (tertiary/aromatic N) is 2. The van der Waals surface area contributed by atoms with Crippen molar-refractivity contribution in [3.05, 3.63) is 47.5 Å². The maximum atomic E-state index is 12.6. The van der Waals surface area contributed by atoms with Crippen LogP contribution in [0.25, 0.3) is 11.1 Å². The largest absolute Gasteiger partial charge is 0.493 e. The summed E-state index contributed by atoms with van der Waals surface area (Å²) in [6.45, 7) is 2.02. The van der Waals surface area contributed by atoms with E-state index >= 15 is 0 Å². The first-order valence-corrected chi connectivity index (χ1v) is 11.8. The van der Waals surface area contributed by atoms with Crippen LogP contribution < -0.4 is 4.74 Å². The van der Waals surface area contributed by atoms with Gasteiger partial charge in [0.25, 0.3) is 5.22 Å². The molecule has 0 saturated carbocycles. The molecule has 0 bridgehead atoms. The first-order valence-electron chi connectivity index (χ1n) is 9.02. The quantitative estimate of drug-likeness (QED) is 0.398. The van der Waals surface area contributed by atoms with Gasteiger partial charge in [-0.15, -0.1) is 0 Å². The summed E-state index contributed by atoms with van der Waals surface area (Å²) in [5.41, 5.74) is 1.41. The lowest BCUT2D eigenvalue weighted by Crippen LogP contribution is -2.40. The standard InChI is InChI=1S/C19H19ClN2O5S2/c20-14-1-6-17-18(13-14)27-19(21-17)28-12-11-26-15-2-4-16(5-3-15)29(23,24)22-7-9-25-10-8-22/h1-6,13H,7-12H2. The Kier molecular flexibility index (Phi) is 6.31. The molecule has 4 rings (SSSR count). The van der Waals surface area contributed by atoms with Crippen LogP contribution in [0.15, 0.2) is 57.0 Å². The van der Waals surface area contributed by atoms with Crippen molar-refractivity contribution in [2.45, 2.75) is 10.1 Å². The Morgan fingerprint density at radius 3 is 2.66 bits per heavy atom. The minimum atomic E-state index is -3.49. The number of sulfonamides is 1. The van der Waals surface area contributed by atoms with Crippen LogP contribution in [-0.4, -0.2) is 56.4 Å². The van der Waals surface area contributed by atoms with Crippen LogP contribution in [0.4, 0.5) is 0 Å². The highest BCUT2D eigenvalue weighted by atomic mass is 35.5. The molecule has 10 heteroatoms. The second-order valence-corrected chi connectivity index (χ2v) is 9.70. The number of aromatic nitrogens is 1. The Bertz CT molecular complexity index is 1080. The third-order valence-corrected chi connectivity index (χ3v) is 7.28. The predicted octanol–water partition coefficient (Wildman–Crippen LogP) is 3.67. The minimum absolute atomic E-state index is 0.256. The molecule has 0 radical (unpaired) electrons. The van der Waals surface area contributed by atoms with E-state index in [4.69, 9.17) is 25.5 Å². The molecule has 2 heterocycles. The fraction of sp³-hybridized carbons (Fsp3) is 0.316. The summed E-state index contributed by atoms with van der Waals surface area (Å²) in [6.07, 6.45) is 0. The van der Waals surface area contributed by atoms with Crippen LogP contribution in [0.5, 0.6) is 5.75 Å². The highest BCUT2D eigenvalue weighted by Gasteiger charge is 2.26. The zero-order chi connectivity index (χ0) is 20.3. The molecule has 1 aliphatic heterocycles. The van der Waals surface area contributed by atoms with Crippen molar-refractivity contribution in [2.24, 2.45) is 0 Å². The molecule has 1 saturated heterocycles. The van der Waals surface area contributed by atoms with Gasteiger partial charge in [0.1, 0.15) is 11.3 Å². The van der Waals surface area contributed by atoms with Crippen molar-refractivity contribution in [1.82, 2.24) is 9.29 Å². The number of halogens is 1. The van der Waals surface area contributed by atoms with Gasteiger partial charge in [-0.25, -0.2) is 13.4 Å². The summed E-state index contributed by atoms with van der Waals surface area (Å²) in [5, 5.41) is 1.16. The van der Waals surface area contributed by atoms with Gasteiger partial charge < -0.3 is 13.9 Å². The lowest BCUT2D eigenvalue weighted by molar-refractivity contribution is 0.0730. The molecule has 0 unspecified atom stereocenters. The van der Waals surface area contributed by atoms with Gasteiger partial charge in [-0.3, -0.25) is 0 Å². The topological polar surface area (TPSA) is 81.9 Å². The van der Waals surface area contributed by atoms with Gasteiger partial charge in [0.2, 0.25) is 10.0 Å². The zero-order valence-electron chi connectivity index (χ0n) is 15.4. The predicted molar refractivity (Wildman–Crippen MR) is 111 cm³/mol. The maximum Gasteiger partial charge on any atom is 0.256 e. The van der Waals surface area contributed by atoms with Crippen molar-refractivity contribution in [3.8, 4) is 5.75 Å². The van der Waals surface area contributed by atoms with E-state index in [1.807, 2.05) is 6.07 Å². The number of thioether (sulfide) groups is 1. The van der Waals surface area contributed by atoms with E-state index in [1.54, 1.807) is 36.4 Å². The van der Waals surface area contributed by atoms with Crippen LogP contribution in [0, 0.1) is 0 Å². The Morgan fingerprint density at radius 1 is 1.14 bits per heavy atom. The van der Waals surface area contributed by atoms with Crippen molar-refractivity contribution < 1.29 is 22.3 Å². The number of benzene rings is 2. The number of ether oxygens (including phenoxy) is 2. The number of morpholine rings is 1. The lowest BCUT2D eigenvalue weighted by atomic mass is 10.3. The summed E-state index contributed by atoms with van der Waals surface area (Å²) in [4.78, 5) is 4.64. The van der Waals surface area contributed by atoms with Crippen LogP contribution in [0.3, 0.4) is 0 Å². The molecule has 0 amide bonds. The van der Waals surface area contributed by atoms with Gasteiger partial charge in [-0.1, -0.05) is 23.4 Å². The molecule has 7 nitrogen and oxygen atoms in total. The molecule has 1 fully saturated rings. The lowest BCUT2D eigenvalue weighted by Gasteiger charge is -2.26. The number of fused-ring (bicyclic) bond motifs is 1. The van der Waals surface area contributed by atoms with Gasteiger partial charge in [0, 0.05) is 29.9 Å². The van der Waals surface area contributed by atoms with E-state index in [0.717, 1.165) is 5.52 Å². The Balaban J connectivity index is 1.29. The third kappa shape index (κ3) is 4.87. The molecule has 0 N–H and O–H groups in total. The SMILES string of the molecule is O=S(=O)(c1ccc(OCCSc2nc3ccc(Cl)cc3o2)cc1)N1CCOCC1. The Hall–Kier alpha value is -1.78. The van der Waals surface area contributed by atoms with Crippen molar-refractivity contribution >= 4 is 44.5 Å². The first-order chi connectivity index (χ1) is 14.0. The molecule has 2 aromatic carbocycles. The average molecular weight is 455 g/mol. The molecular formula is C19H19ClN2O5S2. The molecule has 0 spiro atoms. The molecule has 0 atom stereocenters. The van der Waals surface area contributed by atoms with Gasteiger partial charge in [-0.05, 0) is 36.4 Å². The van der Waals surface area contributed by atoms with Crippen molar-refractivity contribution in [1.29, 1.82) is 0 Å². The molecule has 0 aliphatic carbocycles. The summed E-state index contributed by atoms with van der Waals surface area (Å²) >= 11 is 7.38. The summed E-state index contributed by atoms with van der Waals surface area (Å²) in [6, 6.07) is 11.8. The van der Waals surface area contributed by atoms with E-state index in [-0.39, 0.29) is 4.90 Å². The summed E-state index contributed by atoms with van der Waals surface area (Å²) < 4.78 is 43.2. The first kappa shape index (κ1) is 20.5. The van der Waals surface area contributed by atoms with E-state index < -0.39 is 10.0 Å².